The van der Waals surface area contributed by atoms with Crippen LogP contribution in [0.15, 0.2) is 22.7 Å². The van der Waals surface area contributed by atoms with Gasteiger partial charge in [0, 0.05) is 22.9 Å². The van der Waals surface area contributed by atoms with Crippen LogP contribution in [0.5, 0.6) is 0 Å². The number of aliphatic hydroxyl groups is 1. The molecule has 1 aromatic rings. The molecular formula is C15H20BrNO3S. The molecule has 1 aliphatic heterocycles. The summed E-state index contributed by atoms with van der Waals surface area (Å²) in [6, 6.07) is 6.05. The smallest absolute Gasteiger partial charge is 0.151 e. The van der Waals surface area contributed by atoms with Crippen molar-refractivity contribution in [2.75, 3.05) is 18.1 Å². The van der Waals surface area contributed by atoms with Gasteiger partial charge in [-0.05, 0) is 42.5 Å². The number of nitrogens with two attached hydrogens (primary N) is 1. The van der Waals surface area contributed by atoms with Crippen LogP contribution in [0.1, 0.15) is 24.0 Å². The molecule has 0 spiro atoms. The Kier molecular flexibility index (Phi) is 3.72. The van der Waals surface area contributed by atoms with Gasteiger partial charge in [-0.25, -0.2) is 8.42 Å². The molecule has 0 saturated carbocycles. The van der Waals surface area contributed by atoms with E-state index in [1.807, 2.05) is 12.1 Å². The molecule has 21 heavy (non-hydrogen) atoms. The van der Waals surface area contributed by atoms with E-state index in [0.717, 1.165) is 16.5 Å². The molecule has 3 N–H and O–H groups in total. The maximum Gasteiger partial charge on any atom is 0.151 e. The molecular weight excluding hydrogens is 354 g/mol. The highest BCUT2D eigenvalue weighted by molar-refractivity contribution is 9.10. The largest absolute Gasteiger partial charge is 0.389 e. The van der Waals surface area contributed by atoms with E-state index in [1.54, 1.807) is 0 Å². The monoisotopic (exact) mass is 373 g/mol. The van der Waals surface area contributed by atoms with Gasteiger partial charge in [0.1, 0.15) is 0 Å². The number of hydrogen-bond acceptors (Lipinski definition) is 4. The minimum absolute atomic E-state index is 0.0128. The summed E-state index contributed by atoms with van der Waals surface area (Å²) in [5, 5.41) is 11.2. The van der Waals surface area contributed by atoms with Gasteiger partial charge < -0.3 is 10.8 Å². The number of benzene rings is 1. The van der Waals surface area contributed by atoms with Crippen molar-refractivity contribution in [2.24, 2.45) is 11.1 Å². The van der Waals surface area contributed by atoms with E-state index in [2.05, 4.69) is 22.0 Å². The lowest BCUT2D eigenvalue weighted by Crippen LogP contribution is -2.56. The first-order valence-electron chi connectivity index (χ1n) is 7.19. The molecule has 3 rings (SSSR count). The molecule has 2 aliphatic rings. The molecule has 0 bridgehead atoms. The zero-order chi connectivity index (χ0) is 15.3. The van der Waals surface area contributed by atoms with Crippen LogP contribution in [-0.2, 0) is 22.7 Å². The quantitative estimate of drug-likeness (QED) is 0.821. The molecule has 116 valence electrons. The van der Waals surface area contributed by atoms with Crippen LogP contribution >= 0.6 is 15.9 Å². The number of hydrogen-bond donors (Lipinski definition) is 2. The summed E-state index contributed by atoms with van der Waals surface area (Å²) >= 11 is 3.46. The fraction of sp³-hybridized carbons (Fsp3) is 0.600. The van der Waals surface area contributed by atoms with Crippen LogP contribution < -0.4 is 5.73 Å². The first-order valence-corrected chi connectivity index (χ1v) is 9.81. The highest BCUT2D eigenvalue weighted by Crippen LogP contribution is 2.47. The van der Waals surface area contributed by atoms with E-state index < -0.39 is 20.9 Å². The van der Waals surface area contributed by atoms with Gasteiger partial charge in [-0.1, -0.05) is 22.0 Å². The Labute approximate surface area is 133 Å². The maximum absolute atomic E-state index is 11.9. The zero-order valence-corrected chi connectivity index (χ0v) is 14.2. The van der Waals surface area contributed by atoms with Gasteiger partial charge in [-0.2, -0.15) is 0 Å². The topological polar surface area (TPSA) is 80.4 Å². The van der Waals surface area contributed by atoms with E-state index in [0.29, 0.717) is 19.3 Å². The van der Waals surface area contributed by atoms with E-state index >= 15 is 0 Å². The summed E-state index contributed by atoms with van der Waals surface area (Å²) in [5.74, 6) is 0.151. The van der Waals surface area contributed by atoms with Crippen molar-refractivity contribution in [1.82, 2.24) is 0 Å². The van der Waals surface area contributed by atoms with Gasteiger partial charge in [0.05, 0.1) is 17.1 Å². The van der Waals surface area contributed by atoms with Crippen LogP contribution in [0.3, 0.4) is 0 Å². The van der Waals surface area contributed by atoms with Crippen LogP contribution in [-0.4, -0.2) is 37.2 Å². The lowest BCUT2D eigenvalue weighted by Gasteiger charge is -2.46. The predicted octanol–water partition coefficient (Wildman–Crippen LogP) is 1.43. The SMILES string of the molecule is NCC1(C2(O)CCc3cc(Br)ccc3C2)CCS(=O)(=O)C1. The fourth-order valence-corrected chi connectivity index (χ4v) is 6.46. The third kappa shape index (κ3) is 2.56. The summed E-state index contributed by atoms with van der Waals surface area (Å²) in [7, 11) is -3.09. The summed E-state index contributed by atoms with van der Waals surface area (Å²) < 4.78 is 24.8. The minimum atomic E-state index is -3.09. The van der Waals surface area contributed by atoms with Crippen LogP contribution in [0.4, 0.5) is 0 Å². The van der Waals surface area contributed by atoms with Crippen molar-refractivity contribution in [3.8, 4) is 0 Å². The minimum Gasteiger partial charge on any atom is -0.389 e. The maximum atomic E-state index is 11.9. The number of halogens is 1. The molecule has 1 saturated heterocycles. The summed E-state index contributed by atoms with van der Waals surface area (Å²) in [4.78, 5) is 0. The van der Waals surface area contributed by atoms with Gasteiger partial charge in [-0.3, -0.25) is 0 Å². The van der Waals surface area contributed by atoms with Crippen molar-refractivity contribution in [3.05, 3.63) is 33.8 Å². The van der Waals surface area contributed by atoms with Crippen molar-refractivity contribution in [3.63, 3.8) is 0 Å². The van der Waals surface area contributed by atoms with Crippen LogP contribution in [0.2, 0.25) is 0 Å². The normalized spacial score (nSPS) is 34.6. The van der Waals surface area contributed by atoms with E-state index in [-0.39, 0.29) is 18.1 Å². The molecule has 0 radical (unpaired) electrons. The van der Waals surface area contributed by atoms with E-state index in [9.17, 15) is 13.5 Å². The molecule has 1 heterocycles. The number of aryl methyl sites for hydroxylation is 1. The molecule has 2 unspecified atom stereocenters. The van der Waals surface area contributed by atoms with Gasteiger partial charge in [0.25, 0.3) is 0 Å². The van der Waals surface area contributed by atoms with E-state index in [1.165, 1.54) is 5.56 Å². The van der Waals surface area contributed by atoms with Crippen molar-refractivity contribution in [2.45, 2.75) is 31.3 Å². The average Bonchev–Trinajstić information content (AvgIpc) is 2.76. The van der Waals surface area contributed by atoms with Gasteiger partial charge >= 0.3 is 0 Å². The Bertz CT molecular complexity index is 675. The standard InChI is InChI=1S/C15H20BrNO3S/c16-13-2-1-12-8-15(18,4-3-11(12)7-13)14(9-17)5-6-21(19,20)10-14/h1-2,7,18H,3-6,8-10,17H2. The fourth-order valence-electron chi connectivity index (χ4n) is 3.83. The molecule has 6 heteroatoms. The Hall–Kier alpha value is -0.430. The second-order valence-corrected chi connectivity index (χ2v) is 9.55. The lowest BCUT2D eigenvalue weighted by atomic mass is 9.63. The van der Waals surface area contributed by atoms with Crippen LogP contribution in [0, 0.1) is 5.41 Å². The van der Waals surface area contributed by atoms with Gasteiger partial charge in [-0.15, -0.1) is 0 Å². The van der Waals surface area contributed by atoms with Gasteiger partial charge in [0.15, 0.2) is 9.84 Å². The molecule has 0 amide bonds. The van der Waals surface area contributed by atoms with Gasteiger partial charge in [0.2, 0.25) is 0 Å². The molecule has 1 aromatic carbocycles. The first kappa shape index (κ1) is 15.5. The number of fused-ring (bicyclic) bond motifs is 1. The first-order chi connectivity index (χ1) is 9.79. The summed E-state index contributed by atoms with van der Waals surface area (Å²) in [6.07, 6.45) is 2.28. The van der Waals surface area contributed by atoms with Crippen molar-refractivity contribution < 1.29 is 13.5 Å². The second-order valence-electron chi connectivity index (χ2n) is 6.45. The van der Waals surface area contributed by atoms with Crippen LogP contribution in [0.25, 0.3) is 0 Å². The lowest BCUT2D eigenvalue weighted by molar-refractivity contribution is -0.0779. The molecule has 1 fully saturated rings. The Morgan fingerprint density at radius 3 is 2.67 bits per heavy atom. The van der Waals surface area contributed by atoms with Crippen molar-refractivity contribution in [1.29, 1.82) is 0 Å². The zero-order valence-electron chi connectivity index (χ0n) is 11.8. The molecule has 1 aliphatic carbocycles. The molecule has 2 atom stereocenters. The van der Waals surface area contributed by atoms with E-state index in [4.69, 9.17) is 5.73 Å². The highest BCUT2D eigenvalue weighted by atomic mass is 79.9. The highest BCUT2D eigenvalue weighted by Gasteiger charge is 2.55. The molecule has 0 aromatic heterocycles. The predicted molar refractivity (Wildman–Crippen MR) is 85.9 cm³/mol. The Morgan fingerprint density at radius 2 is 2.05 bits per heavy atom. The third-order valence-corrected chi connectivity index (χ3v) is 7.54. The Morgan fingerprint density at radius 1 is 1.29 bits per heavy atom. The average molecular weight is 374 g/mol. The Balaban J connectivity index is 1.97. The summed E-state index contributed by atoms with van der Waals surface area (Å²) in [5.41, 5.74) is 6.52. The number of rotatable bonds is 2. The number of sulfone groups is 1. The third-order valence-electron chi connectivity index (χ3n) is 5.22. The molecule has 4 nitrogen and oxygen atoms in total. The van der Waals surface area contributed by atoms with Crippen molar-refractivity contribution >= 4 is 25.8 Å². The summed E-state index contributed by atoms with van der Waals surface area (Å²) in [6.45, 7) is 0.217. The second kappa shape index (κ2) is 5.05.